The summed E-state index contributed by atoms with van der Waals surface area (Å²) in [6.07, 6.45) is -3.38. The minimum Gasteiger partial charge on any atom is -0.462 e. The molecule has 2 unspecified atom stereocenters. The fraction of sp³-hybridized carbons (Fsp3) is 0.500. The van der Waals surface area contributed by atoms with Crippen molar-refractivity contribution in [3.05, 3.63) is 53.1 Å². The Hall–Kier alpha value is -2.87. The average Bonchev–Trinajstić information content (AvgIpc) is 2.98. The number of aliphatic hydroxyl groups excluding tert-OH is 1. The Balaban J connectivity index is 1.85. The molecule has 0 spiro atoms. The molecule has 5 N–H and O–H groups in total. The number of carbonyl (C=O) groups excluding carboxylic acids is 1. The van der Waals surface area contributed by atoms with Crippen LogP contribution in [0.1, 0.15) is 33.9 Å². The van der Waals surface area contributed by atoms with E-state index in [1.807, 2.05) is 0 Å². The van der Waals surface area contributed by atoms with Gasteiger partial charge in [-0.3, -0.25) is 13.9 Å². The monoisotopic (exact) mass is 544 g/mol. The van der Waals surface area contributed by atoms with Crippen molar-refractivity contribution >= 4 is 19.5 Å². The molecule has 1 aromatic carbocycles. The van der Waals surface area contributed by atoms with E-state index < -0.39 is 61.9 Å². The predicted octanol–water partition coefficient (Wildman–Crippen LogP) is 1.27. The van der Waals surface area contributed by atoms with Crippen LogP contribution in [-0.2, 0) is 23.4 Å². The van der Waals surface area contributed by atoms with Crippen LogP contribution in [0.3, 0.4) is 0 Å². The lowest BCUT2D eigenvalue weighted by Crippen LogP contribution is -2.50. The van der Waals surface area contributed by atoms with Gasteiger partial charge in [0.1, 0.15) is 35.9 Å². The Morgan fingerprint density at radius 3 is 2.57 bits per heavy atom. The van der Waals surface area contributed by atoms with Gasteiger partial charge in [-0.05, 0) is 45.9 Å². The number of rotatable bonds is 10. The first-order chi connectivity index (χ1) is 17.2. The van der Waals surface area contributed by atoms with Crippen molar-refractivity contribution in [1.82, 2.24) is 14.6 Å². The van der Waals surface area contributed by atoms with Crippen LogP contribution in [0.5, 0.6) is 5.75 Å². The SMILES string of the molecule is CC(C)OC(=O)[C@H](C)NP(=O)(OC[C@@]1(F)O[C@@H](n2ccc(N)nc2=O)[C@](C)(O)C1O)Oc1ccccc1. The van der Waals surface area contributed by atoms with Gasteiger partial charge >= 0.3 is 19.4 Å². The van der Waals surface area contributed by atoms with E-state index in [0.717, 1.165) is 17.7 Å². The molecule has 0 radical (unpaired) electrons. The van der Waals surface area contributed by atoms with Crippen LogP contribution in [0.15, 0.2) is 47.4 Å². The molecule has 1 aliphatic rings. The van der Waals surface area contributed by atoms with Crippen molar-refractivity contribution < 1.29 is 42.5 Å². The second kappa shape index (κ2) is 10.9. The molecule has 6 atom stereocenters. The summed E-state index contributed by atoms with van der Waals surface area (Å²) < 4.78 is 51.2. The van der Waals surface area contributed by atoms with E-state index in [0.29, 0.717) is 0 Å². The van der Waals surface area contributed by atoms with Gasteiger partial charge in [-0.1, -0.05) is 18.2 Å². The molecule has 1 fully saturated rings. The fourth-order valence-electron chi connectivity index (χ4n) is 3.50. The lowest BCUT2D eigenvalue weighted by molar-refractivity contribution is -0.204. The Morgan fingerprint density at radius 1 is 1.32 bits per heavy atom. The number of alkyl halides is 1. The minimum atomic E-state index is -4.53. The zero-order chi connectivity index (χ0) is 27.6. The summed E-state index contributed by atoms with van der Waals surface area (Å²) in [5, 5.41) is 23.8. The van der Waals surface area contributed by atoms with Crippen LogP contribution >= 0.6 is 7.75 Å². The van der Waals surface area contributed by atoms with Crippen LogP contribution in [0.25, 0.3) is 0 Å². The number of hydrogen-bond donors (Lipinski definition) is 4. The second-order valence-electron chi connectivity index (χ2n) is 8.94. The number of hydrogen-bond acceptors (Lipinski definition) is 11. The third-order valence-electron chi connectivity index (χ3n) is 5.33. The summed E-state index contributed by atoms with van der Waals surface area (Å²) in [4.78, 5) is 28.0. The number of esters is 1. The van der Waals surface area contributed by atoms with Crippen LogP contribution in [0.4, 0.5) is 10.2 Å². The first kappa shape index (κ1) is 28.7. The molecule has 0 amide bonds. The lowest BCUT2D eigenvalue weighted by atomic mass is 9.95. The molecular formula is C22H30FN4O9P. The van der Waals surface area contributed by atoms with E-state index in [4.69, 9.17) is 24.3 Å². The second-order valence-corrected chi connectivity index (χ2v) is 10.6. The number of nitrogens with two attached hydrogens (primary N) is 1. The van der Waals surface area contributed by atoms with Crippen LogP contribution < -0.4 is 21.0 Å². The van der Waals surface area contributed by atoms with Crippen molar-refractivity contribution in [2.45, 2.75) is 63.6 Å². The highest BCUT2D eigenvalue weighted by molar-refractivity contribution is 7.52. The minimum absolute atomic E-state index is 0.0629. The number of nitrogens with one attached hydrogen (secondary N) is 1. The van der Waals surface area contributed by atoms with Crippen LogP contribution in [-0.4, -0.2) is 62.0 Å². The first-order valence-electron chi connectivity index (χ1n) is 11.3. The molecule has 13 nitrogen and oxygen atoms in total. The van der Waals surface area contributed by atoms with Gasteiger partial charge in [0.2, 0.25) is 0 Å². The Kier molecular flexibility index (Phi) is 8.42. The van der Waals surface area contributed by atoms with E-state index in [1.54, 1.807) is 32.0 Å². The maximum Gasteiger partial charge on any atom is 0.459 e. The van der Waals surface area contributed by atoms with Gasteiger partial charge < -0.3 is 29.9 Å². The molecule has 0 aliphatic carbocycles. The number of para-hydroxylation sites is 1. The fourth-order valence-corrected chi connectivity index (χ4v) is 5.01. The smallest absolute Gasteiger partial charge is 0.459 e. The molecule has 0 saturated carbocycles. The van der Waals surface area contributed by atoms with E-state index in [-0.39, 0.29) is 11.6 Å². The molecule has 0 bridgehead atoms. The highest BCUT2D eigenvalue weighted by Crippen LogP contribution is 2.50. The number of nitrogens with zero attached hydrogens (tertiary/aromatic N) is 2. The summed E-state index contributed by atoms with van der Waals surface area (Å²) in [5.74, 6) is -4.01. The summed E-state index contributed by atoms with van der Waals surface area (Å²) in [6, 6.07) is 7.73. The average molecular weight is 544 g/mol. The summed E-state index contributed by atoms with van der Waals surface area (Å²) >= 11 is 0. The maximum absolute atomic E-state index is 15.9. The van der Waals surface area contributed by atoms with Crippen molar-refractivity contribution in [2.24, 2.45) is 0 Å². The van der Waals surface area contributed by atoms with Crippen molar-refractivity contribution in [2.75, 3.05) is 12.3 Å². The standard InChI is InChI=1S/C22H30FN4O9P/c1-13(2)34-17(28)14(3)26-37(32,36-15-8-6-5-7-9-15)33-12-22(23)18(29)21(4,31)19(35-22)27-11-10-16(24)25-20(27)30/h5-11,13-14,18-19,29,31H,12H2,1-4H3,(H,26,32)(H2,24,25,30)/t14-,18?,19+,21+,22+,37?/m0/s1. The molecule has 2 aromatic rings. The van der Waals surface area contributed by atoms with Gasteiger partial charge in [0, 0.05) is 6.20 Å². The number of aliphatic hydroxyl groups is 2. The highest BCUT2D eigenvalue weighted by atomic mass is 31.2. The van der Waals surface area contributed by atoms with Crippen molar-refractivity contribution in [1.29, 1.82) is 0 Å². The number of carbonyl (C=O) groups is 1. The van der Waals surface area contributed by atoms with Crippen LogP contribution in [0, 0.1) is 0 Å². The molecule has 3 rings (SSSR count). The Labute approximate surface area is 211 Å². The quantitative estimate of drug-likeness (QED) is 0.248. The zero-order valence-corrected chi connectivity index (χ0v) is 21.5. The summed E-state index contributed by atoms with van der Waals surface area (Å²) in [7, 11) is -4.53. The molecule has 204 valence electrons. The highest BCUT2D eigenvalue weighted by Gasteiger charge is 2.63. The van der Waals surface area contributed by atoms with Gasteiger partial charge in [0.15, 0.2) is 6.23 Å². The third-order valence-corrected chi connectivity index (χ3v) is 6.95. The first-order valence-corrected chi connectivity index (χ1v) is 12.8. The molecule has 2 heterocycles. The van der Waals surface area contributed by atoms with Gasteiger partial charge in [0.25, 0.3) is 5.85 Å². The van der Waals surface area contributed by atoms with E-state index >= 15 is 4.39 Å². The molecule has 1 aromatic heterocycles. The molecule has 1 aliphatic heterocycles. The number of ether oxygens (including phenoxy) is 2. The van der Waals surface area contributed by atoms with E-state index in [2.05, 4.69) is 10.1 Å². The number of aromatic nitrogens is 2. The van der Waals surface area contributed by atoms with Crippen LogP contribution in [0.2, 0.25) is 0 Å². The largest absolute Gasteiger partial charge is 0.462 e. The predicted molar refractivity (Wildman–Crippen MR) is 128 cm³/mol. The Morgan fingerprint density at radius 2 is 1.97 bits per heavy atom. The molecule has 1 saturated heterocycles. The normalized spacial score (nSPS) is 28.0. The zero-order valence-electron chi connectivity index (χ0n) is 20.6. The van der Waals surface area contributed by atoms with Crippen molar-refractivity contribution in [3.63, 3.8) is 0 Å². The number of anilines is 1. The molecule has 15 heteroatoms. The number of benzene rings is 1. The van der Waals surface area contributed by atoms with Gasteiger partial charge in [-0.25, -0.2) is 13.8 Å². The van der Waals surface area contributed by atoms with Crippen molar-refractivity contribution in [3.8, 4) is 5.75 Å². The molecular weight excluding hydrogens is 514 g/mol. The number of nitrogen functional groups attached to an aromatic ring is 1. The van der Waals surface area contributed by atoms with Gasteiger partial charge in [-0.2, -0.15) is 10.1 Å². The third kappa shape index (κ3) is 6.53. The Bertz CT molecular complexity index is 1210. The number of halogens is 1. The lowest BCUT2D eigenvalue weighted by Gasteiger charge is -2.29. The van der Waals surface area contributed by atoms with Gasteiger partial charge in [0.05, 0.1) is 6.10 Å². The van der Waals surface area contributed by atoms with E-state index in [1.165, 1.54) is 25.1 Å². The summed E-state index contributed by atoms with van der Waals surface area (Å²) in [6.45, 7) is 4.38. The van der Waals surface area contributed by atoms with Gasteiger partial charge in [-0.15, -0.1) is 0 Å². The molecule has 37 heavy (non-hydrogen) atoms. The van der Waals surface area contributed by atoms with E-state index in [9.17, 15) is 24.4 Å². The summed E-state index contributed by atoms with van der Waals surface area (Å²) in [5.41, 5.74) is 2.14. The topological polar surface area (TPSA) is 184 Å². The maximum atomic E-state index is 15.9.